The molecule has 3 heterocycles. The van der Waals surface area contributed by atoms with E-state index in [1.54, 1.807) is 6.26 Å². The summed E-state index contributed by atoms with van der Waals surface area (Å²) in [5.74, 6) is 1.22. The third-order valence-corrected chi connectivity index (χ3v) is 6.67. The average molecular weight is 483 g/mol. The van der Waals surface area contributed by atoms with Crippen LogP contribution >= 0.6 is 11.8 Å². The molecule has 0 radical (unpaired) electrons. The second-order valence-electron chi connectivity index (χ2n) is 8.53. The quantitative estimate of drug-likeness (QED) is 0.451. The van der Waals surface area contributed by atoms with Crippen LogP contribution in [0.3, 0.4) is 0 Å². The van der Waals surface area contributed by atoms with Crippen molar-refractivity contribution in [3.63, 3.8) is 0 Å². The first-order valence-corrected chi connectivity index (χ1v) is 12.4. The number of aromatic nitrogens is 3. The maximum Gasteiger partial charge on any atom is 0.243 e. The Hall–Kier alpha value is -3.27. The minimum Gasteiger partial charge on any atom is -0.467 e. The first-order chi connectivity index (χ1) is 16.4. The summed E-state index contributed by atoms with van der Waals surface area (Å²) >= 11 is 1.30. The summed E-state index contributed by atoms with van der Waals surface area (Å²) in [7, 11) is 0. The number of thioether (sulfide) groups is 1. The van der Waals surface area contributed by atoms with Crippen molar-refractivity contribution in [3.05, 3.63) is 53.0 Å². The van der Waals surface area contributed by atoms with Gasteiger partial charge < -0.3 is 20.0 Å². The molecule has 0 bridgehead atoms. The van der Waals surface area contributed by atoms with Gasteiger partial charge in [-0.15, -0.1) is 10.2 Å². The van der Waals surface area contributed by atoms with E-state index in [0.717, 1.165) is 60.0 Å². The monoisotopic (exact) mass is 482 g/mol. The van der Waals surface area contributed by atoms with E-state index < -0.39 is 0 Å². The number of carbonyl (C=O) groups excluding carboxylic acids is 2. The third-order valence-electron chi connectivity index (χ3n) is 5.70. The lowest BCUT2D eigenvalue weighted by Gasteiger charge is -2.17. The summed E-state index contributed by atoms with van der Waals surface area (Å²) in [6.07, 6.45) is 3.89. The molecular formula is C24H30N6O3S. The first-order valence-electron chi connectivity index (χ1n) is 11.4. The largest absolute Gasteiger partial charge is 0.467 e. The van der Waals surface area contributed by atoms with Crippen molar-refractivity contribution in [1.82, 2.24) is 20.1 Å². The van der Waals surface area contributed by atoms with E-state index in [0.29, 0.717) is 11.7 Å². The van der Waals surface area contributed by atoms with Crippen molar-refractivity contribution in [2.45, 2.75) is 45.3 Å². The minimum absolute atomic E-state index is 0.0930. The fraction of sp³-hybridized carbons (Fsp3) is 0.417. The van der Waals surface area contributed by atoms with Crippen LogP contribution in [0.2, 0.25) is 0 Å². The van der Waals surface area contributed by atoms with Gasteiger partial charge in [-0.2, -0.15) is 0 Å². The van der Waals surface area contributed by atoms with E-state index in [1.165, 1.54) is 11.8 Å². The molecule has 2 amide bonds. The number of anilines is 2. The summed E-state index contributed by atoms with van der Waals surface area (Å²) in [5, 5.41) is 14.9. The maximum atomic E-state index is 12.4. The number of benzene rings is 1. The van der Waals surface area contributed by atoms with Crippen LogP contribution in [-0.2, 0) is 16.1 Å². The number of amides is 2. The van der Waals surface area contributed by atoms with E-state index >= 15 is 0 Å². The van der Waals surface area contributed by atoms with Gasteiger partial charge in [0.2, 0.25) is 17.8 Å². The second kappa shape index (κ2) is 10.8. The molecule has 3 aromatic rings. The minimum atomic E-state index is -0.259. The highest BCUT2D eigenvalue weighted by Crippen LogP contribution is 2.26. The molecule has 4 rings (SSSR count). The summed E-state index contributed by atoms with van der Waals surface area (Å²) in [5.41, 5.74) is 3.93. The second-order valence-corrected chi connectivity index (χ2v) is 9.47. The molecule has 1 saturated heterocycles. The number of rotatable bonds is 9. The molecule has 1 aliphatic rings. The molecule has 0 spiro atoms. The fourth-order valence-electron chi connectivity index (χ4n) is 4.16. The number of carbonyl (C=O) groups is 2. The highest BCUT2D eigenvalue weighted by atomic mass is 32.2. The zero-order chi connectivity index (χ0) is 24.1. The molecular weight excluding hydrogens is 452 g/mol. The number of aryl methyl sites for hydroxylation is 3. The fourth-order valence-corrected chi connectivity index (χ4v) is 4.92. The van der Waals surface area contributed by atoms with Gasteiger partial charge in [-0.05, 0) is 56.9 Å². The van der Waals surface area contributed by atoms with Gasteiger partial charge >= 0.3 is 0 Å². The molecule has 10 heteroatoms. The van der Waals surface area contributed by atoms with Crippen molar-refractivity contribution < 1.29 is 14.0 Å². The van der Waals surface area contributed by atoms with Crippen LogP contribution in [0, 0.1) is 20.8 Å². The lowest BCUT2D eigenvalue weighted by molar-refractivity contribution is -0.122. The molecule has 9 nitrogen and oxygen atoms in total. The molecule has 2 aromatic heterocycles. The Kier molecular flexibility index (Phi) is 7.56. The van der Waals surface area contributed by atoms with Crippen LogP contribution in [0.1, 0.15) is 35.3 Å². The predicted molar refractivity (Wildman–Crippen MR) is 132 cm³/mol. The van der Waals surface area contributed by atoms with Crippen molar-refractivity contribution in [2.24, 2.45) is 0 Å². The van der Waals surface area contributed by atoms with Gasteiger partial charge in [0.15, 0.2) is 5.16 Å². The zero-order valence-corrected chi connectivity index (χ0v) is 20.6. The van der Waals surface area contributed by atoms with Crippen LogP contribution in [0.25, 0.3) is 0 Å². The molecule has 1 aromatic carbocycles. The average Bonchev–Trinajstić information content (AvgIpc) is 3.56. The molecule has 0 aliphatic carbocycles. The topological polar surface area (TPSA) is 105 Å². The van der Waals surface area contributed by atoms with Gasteiger partial charge in [0.05, 0.1) is 25.1 Å². The van der Waals surface area contributed by atoms with Crippen LogP contribution < -0.4 is 15.5 Å². The van der Waals surface area contributed by atoms with Gasteiger partial charge in [0.25, 0.3) is 0 Å². The van der Waals surface area contributed by atoms with Crippen LogP contribution in [-0.4, -0.2) is 52.0 Å². The normalized spacial score (nSPS) is 13.3. The van der Waals surface area contributed by atoms with E-state index in [4.69, 9.17) is 4.42 Å². The van der Waals surface area contributed by atoms with Crippen molar-refractivity contribution >= 4 is 35.2 Å². The number of hydrogen-bond donors (Lipinski definition) is 2. The standard InChI is InChI=1S/C24H30N6O3S/c1-16-11-17(2)22(18(3)12-16)26-20(31)13-25-21(32)15-34-24-28-27-23(29-8-4-5-9-29)30(24)14-19-7-6-10-33-19/h6-7,10-12H,4-5,8-9,13-15H2,1-3H3,(H,25,32)(H,26,31). The molecule has 0 atom stereocenters. The van der Waals surface area contributed by atoms with Crippen LogP contribution in [0.4, 0.5) is 11.6 Å². The van der Waals surface area contributed by atoms with Crippen molar-refractivity contribution in [1.29, 1.82) is 0 Å². The van der Waals surface area contributed by atoms with Gasteiger partial charge in [0, 0.05) is 18.8 Å². The summed E-state index contributed by atoms with van der Waals surface area (Å²) in [6, 6.07) is 7.80. The number of furan rings is 1. The Labute approximate surface area is 203 Å². The lowest BCUT2D eigenvalue weighted by Crippen LogP contribution is -2.34. The van der Waals surface area contributed by atoms with E-state index in [9.17, 15) is 9.59 Å². The zero-order valence-electron chi connectivity index (χ0n) is 19.8. The molecule has 180 valence electrons. The van der Waals surface area contributed by atoms with Gasteiger partial charge in [-0.3, -0.25) is 14.2 Å². The Morgan fingerprint density at radius 1 is 1.09 bits per heavy atom. The summed E-state index contributed by atoms with van der Waals surface area (Å²) in [4.78, 5) is 27.0. The summed E-state index contributed by atoms with van der Waals surface area (Å²) < 4.78 is 7.50. The van der Waals surface area contributed by atoms with Crippen molar-refractivity contribution in [3.8, 4) is 0 Å². The van der Waals surface area contributed by atoms with Gasteiger partial charge in [-0.1, -0.05) is 29.5 Å². The summed E-state index contributed by atoms with van der Waals surface area (Å²) in [6.45, 7) is 8.22. The number of nitrogens with zero attached hydrogens (tertiary/aromatic N) is 4. The number of hydrogen-bond acceptors (Lipinski definition) is 7. The molecule has 2 N–H and O–H groups in total. The van der Waals surface area contributed by atoms with Crippen LogP contribution in [0.5, 0.6) is 0 Å². The Morgan fingerprint density at radius 3 is 2.50 bits per heavy atom. The van der Waals surface area contributed by atoms with Crippen LogP contribution in [0.15, 0.2) is 40.1 Å². The molecule has 34 heavy (non-hydrogen) atoms. The smallest absolute Gasteiger partial charge is 0.243 e. The number of nitrogens with one attached hydrogen (secondary N) is 2. The molecule has 1 fully saturated rings. The molecule has 0 unspecified atom stereocenters. The highest BCUT2D eigenvalue weighted by Gasteiger charge is 2.22. The Bertz CT molecular complexity index is 1130. The van der Waals surface area contributed by atoms with E-state index in [-0.39, 0.29) is 24.1 Å². The SMILES string of the molecule is Cc1cc(C)c(NC(=O)CNC(=O)CSc2nnc(N3CCCC3)n2Cc2ccco2)c(C)c1. The Morgan fingerprint density at radius 2 is 1.82 bits per heavy atom. The third kappa shape index (κ3) is 5.80. The van der Waals surface area contributed by atoms with E-state index in [2.05, 4.69) is 25.7 Å². The van der Waals surface area contributed by atoms with Gasteiger partial charge in [-0.25, -0.2) is 0 Å². The van der Waals surface area contributed by atoms with Crippen molar-refractivity contribution in [2.75, 3.05) is 35.6 Å². The molecule has 0 saturated carbocycles. The maximum absolute atomic E-state index is 12.4. The highest BCUT2D eigenvalue weighted by molar-refractivity contribution is 7.99. The first kappa shape index (κ1) is 23.9. The lowest BCUT2D eigenvalue weighted by atomic mass is 10.1. The van der Waals surface area contributed by atoms with Gasteiger partial charge in [0.1, 0.15) is 5.76 Å². The van der Waals surface area contributed by atoms with E-state index in [1.807, 2.05) is 49.6 Å². The molecule has 1 aliphatic heterocycles. The predicted octanol–water partition coefficient (Wildman–Crippen LogP) is 3.29. The Balaban J connectivity index is 1.33.